The standard InChI is InChI=1S/C13H13FN2S/c14-10-4-1-3-9(7-10)13-16-12(8-17-13)11-5-2-6-15-11/h1,3-4,7-8,11,15H,2,5-6H2/t11-/m0/s1. The molecule has 0 radical (unpaired) electrons. The molecule has 0 saturated carbocycles. The van der Waals surface area contributed by atoms with Crippen molar-refractivity contribution < 1.29 is 4.39 Å². The second-order valence-electron chi connectivity index (χ2n) is 4.24. The van der Waals surface area contributed by atoms with Crippen molar-refractivity contribution >= 4 is 11.3 Å². The summed E-state index contributed by atoms with van der Waals surface area (Å²) in [6, 6.07) is 6.99. The first kappa shape index (κ1) is 10.9. The minimum absolute atomic E-state index is 0.210. The SMILES string of the molecule is Fc1cccc(-c2nc([C@@H]3CCCN3)cs2)c1. The van der Waals surface area contributed by atoms with Crippen LogP contribution in [0.1, 0.15) is 24.6 Å². The summed E-state index contributed by atoms with van der Waals surface area (Å²) in [5.41, 5.74) is 1.95. The van der Waals surface area contributed by atoms with Gasteiger partial charge in [0, 0.05) is 10.9 Å². The van der Waals surface area contributed by atoms with E-state index in [1.54, 1.807) is 17.4 Å². The molecule has 1 fully saturated rings. The Morgan fingerprint density at radius 3 is 3.12 bits per heavy atom. The molecule has 0 bridgehead atoms. The molecular weight excluding hydrogens is 235 g/mol. The van der Waals surface area contributed by atoms with Crippen LogP contribution in [0, 0.1) is 5.82 Å². The van der Waals surface area contributed by atoms with Crippen molar-refractivity contribution in [3.8, 4) is 10.6 Å². The summed E-state index contributed by atoms with van der Waals surface area (Å²) in [6.07, 6.45) is 2.35. The second-order valence-corrected chi connectivity index (χ2v) is 5.09. The zero-order valence-electron chi connectivity index (χ0n) is 9.32. The largest absolute Gasteiger partial charge is 0.309 e. The van der Waals surface area contributed by atoms with Gasteiger partial charge in [0.05, 0.1) is 11.7 Å². The van der Waals surface area contributed by atoms with E-state index >= 15 is 0 Å². The Hall–Kier alpha value is -1.26. The van der Waals surface area contributed by atoms with E-state index in [-0.39, 0.29) is 5.82 Å². The minimum Gasteiger partial charge on any atom is -0.309 e. The summed E-state index contributed by atoms with van der Waals surface area (Å²) in [6.45, 7) is 1.07. The highest BCUT2D eigenvalue weighted by Crippen LogP contribution is 2.29. The Labute approximate surface area is 104 Å². The molecule has 2 nitrogen and oxygen atoms in total. The van der Waals surface area contributed by atoms with Gasteiger partial charge in [-0.15, -0.1) is 11.3 Å². The number of halogens is 1. The Morgan fingerprint density at radius 2 is 2.35 bits per heavy atom. The summed E-state index contributed by atoms with van der Waals surface area (Å²) in [4.78, 5) is 4.59. The Bertz CT molecular complexity index is 518. The highest BCUT2D eigenvalue weighted by molar-refractivity contribution is 7.13. The first-order valence-electron chi connectivity index (χ1n) is 5.78. The number of thiazole rings is 1. The maximum absolute atomic E-state index is 13.1. The van der Waals surface area contributed by atoms with Gasteiger partial charge in [0.25, 0.3) is 0 Å². The van der Waals surface area contributed by atoms with Gasteiger partial charge < -0.3 is 5.32 Å². The lowest BCUT2D eigenvalue weighted by Crippen LogP contribution is -2.12. The molecule has 3 rings (SSSR count). The lowest BCUT2D eigenvalue weighted by Gasteiger charge is -2.04. The van der Waals surface area contributed by atoms with Crippen LogP contribution in [0.25, 0.3) is 10.6 Å². The molecule has 4 heteroatoms. The number of rotatable bonds is 2. The fourth-order valence-corrected chi connectivity index (χ4v) is 3.01. The third-order valence-electron chi connectivity index (χ3n) is 3.01. The maximum atomic E-state index is 13.1. The average Bonchev–Trinajstić information content (AvgIpc) is 3.00. The summed E-state index contributed by atoms with van der Waals surface area (Å²) < 4.78 is 13.1. The molecule has 2 heterocycles. The summed E-state index contributed by atoms with van der Waals surface area (Å²) >= 11 is 1.58. The molecule has 88 valence electrons. The summed E-state index contributed by atoms with van der Waals surface area (Å²) in [7, 11) is 0. The fraction of sp³-hybridized carbons (Fsp3) is 0.308. The van der Waals surface area contributed by atoms with E-state index in [1.165, 1.54) is 18.6 Å². The van der Waals surface area contributed by atoms with Crippen molar-refractivity contribution in [2.45, 2.75) is 18.9 Å². The third-order valence-corrected chi connectivity index (χ3v) is 3.92. The molecule has 2 aromatic rings. The zero-order valence-corrected chi connectivity index (χ0v) is 10.1. The van der Waals surface area contributed by atoms with Gasteiger partial charge in [-0.2, -0.15) is 0 Å². The Balaban J connectivity index is 1.89. The van der Waals surface area contributed by atoms with Crippen molar-refractivity contribution in [3.05, 3.63) is 41.2 Å². The van der Waals surface area contributed by atoms with E-state index in [9.17, 15) is 4.39 Å². The third kappa shape index (κ3) is 2.23. The zero-order chi connectivity index (χ0) is 11.7. The van der Waals surface area contributed by atoms with Gasteiger partial charge in [0.2, 0.25) is 0 Å². The van der Waals surface area contributed by atoms with Crippen LogP contribution in [0.4, 0.5) is 4.39 Å². The molecule has 1 saturated heterocycles. The highest BCUT2D eigenvalue weighted by Gasteiger charge is 2.19. The number of nitrogens with one attached hydrogen (secondary N) is 1. The fourth-order valence-electron chi connectivity index (χ4n) is 2.14. The topological polar surface area (TPSA) is 24.9 Å². The van der Waals surface area contributed by atoms with E-state index in [4.69, 9.17) is 0 Å². The van der Waals surface area contributed by atoms with E-state index in [0.29, 0.717) is 6.04 Å². The molecular formula is C13H13FN2S. The van der Waals surface area contributed by atoms with Gasteiger partial charge in [-0.25, -0.2) is 9.37 Å². The highest BCUT2D eigenvalue weighted by atomic mass is 32.1. The van der Waals surface area contributed by atoms with Crippen molar-refractivity contribution in [2.24, 2.45) is 0 Å². The number of hydrogen-bond donors (Lipinski definition) is 1. The van der Waals surface area contributed by atoms with Gasteiger partial charge >= 0.3 is 0 Å². The quantitative estimate of drug-likeness (QED) is 0.881. The van der Waals surface area contributed by atoms with Gasteiger partial charge in [0.1, 0.15) is 10.8 Å². The van der Waals surface area contributed by atoms with Crippen molar-refractivity contribution in [2.75, 3.05) is 6.54 Å². The van der Waals surface area contributed by atoms with Gasteiger partial charge in [-0.3, -0.25) is 0 Å². The number of nitrogens with zero attached hydrogens (tertiary/aromatic N) is 1. The monoisotopic (exact) mass is 248 g/mol. The summed E-state index contributed by atoms with van der Waals surface area (Å²) in [5, 5.41) is 6.39. The molecule has 1 aliphatic heterocycles. The van der Waals surface area contributed by atoms with Gasteiger partial charge in [-0.05, 0) is 31.5 Å². The average molecular weight is 248 g/mol. The summed E-state index contributed by atoms with van der Waals surface area (Å²) in [5.74, 6) is -0.210. The van der Waals surface area contributed by atoms with E-state index in [0.717, 1.165) is 29.2 Å². The van der Waals surface area contributed by atoms with Crippen LogP contribution in [-0.2, 0) is 0 Å². The van der Waals surface area contributed by atoms with E-state index in [1.807, 2.05) is 6.07 Å². The molecule has 0 aliphatic carbocycles. The van der Waals surface area contributed by atoms with E-state index < -0.39 is 0 Å². The molecule has 17 heavy (non-hydrogen) atoms. The van der Waals surface area contributed by atoms with Crippen LogP contribution in [0.3, 0.4) is 0 Å². The number of benzene rings is 1. The normalized spacial score (nSPS) is 19.7. The maximum Gasteiger partial charge on any atom is 0.123 e. The molecule has 1 aliphatic rings. The molecule has 1 N–H and O–H groups in total. The molecule has 0 spiro atoms. The van der Waals surface area contributed by atoms with Crippen molar-refractivity contribution in [1.29, 1.82) is 0 Å². The predicted molar refractivity (Wildman–Crippen MR) is 67.5 cm³/mol. The minimum atomic E-state index is -0.210. The first-order chi connectivity index (χ1) is 8.33. The van der Waals surface area contributed by atoms with Crippen LogP contribution in [-0.4, -0.2) is 11.5 Å². The van der Waals surface area contributed by atoms with Gasteiger partial charge in [0.15, 0.2) is 0 Å². The second kappa shape index (κ2) is 4.55. The smallest absolute Gasteiger partial charge is 0.123 e. The molecule has 0 unspecified atom stereocenters. The molecule has 1 aromatic heterocycles. The molecule has 0 amide bonds. The van der Waals surface area contributed by atoms with Crippen LogP contribution >= 0.6 is 11.3 Å². The predicted octanol–water partition coefficient (Wildman–Crippen LogP) is 3.37. The Morgan fingerprint density at radius 1 is 1.41 bits per heavy atom. The Kier molecular flexibility index (Phi) is 2.91. The number of hydrogen-bond acceptors (Lipinski definition) is 3. The van der Waals surface area contributed by atoms with Crippen LogP contribution in [0.15, 0.2) is 29.6 Å². The molecule has 1 aromatic carbocycles. The van der Waals surface area contributed by atoms with Gasteiger partial charge in [-0.1, -0.05) is 12.1 Å². The first-order valence-corrected chi connectivity index (χ1v) is 6.65. The van der Waals surface area contributed by atoms with Crippen LogP contribution < -0.4 is 5.32 Å². The number of aromatic nitrogens is 1. The van der Waals surface area contributed by atoms with E-state index in [2.05, 4.69) is 15.7 Å². The van der Waals surface area contributed by atoms with Crippen molar-refractivity contribution in [1.82, 2.24) is 10.3 Å². The lowest BCUT2D eigenvalue weighted by molar-refractivity contribution is 0.627. The molecule has 1 atom stereocenters. The van der Waals surface area contributed by atoms with Crippen LogP contribution in [0.5, 0.6) is 0 Å². The lowest BCUT2D eigenvalue weighted by atomic mass is 10.2. The van der Waals surface area contributed by atoms with Crippen molar-refractivity contribution in [3.63, 3.8) is 0 Å². The van der Waals surface area contributed by atoms with Crippen LogP contribution in [0.2, 0.25) is 0 Å².